The van der Waals surface area contributed by atoms with Gasteiger partial charge in [-0.1, -0.05) is 89.3 Å². The van der Waals surface area contributed by atoms with E-state index in [0.717, 1.165) is 11.1 Å². The van der Waals surface area contributed by atoms with E-state index in [0.29, 0.717) is 48.2 Å². The van der Waals surface area contributed by atoms with Crippen LogP contribution in [0, 0.1) is 3.95 Å². The number of fused-ring (bicyclic) bond motifs is 1. The summed E-state index contributed by atoms with van der Waals surface area (Å²) in [6.07, 6.45) is 0. The van der Waals surface area contributed by atoms with Crippen molar-refractivity contribution in [2.75, 3.05) is 7.11 Å². The van der Waals surface area contributed by atoms with Crippen LogP contribution in [-0.4, -0.2) is 21.2 Å². The molecule has 2 aromatic heterocycles. The Morgan fingerprint density at radius 2 is 1.71 bits per heavy atom. The van der Waals surface area contributed by atoms with Crippen LogP contribution in [0.5, 0.6) is 5.75 Å². The van der Waals surface area contributed by atoms with Gasteiger partial charge >= 0.3 is 0 Å². The van der Waals surface area contributed by atoms with E-state index in [-0.39, 0.29) is 5.56 Å². The third kappa shape index (κ3) is 4.92. The monoisotopic (exact) mass is 537 g/mol. The minimum absolute atomic E-state index is 0.166. The zero-order valence-corrected chi connectivity index (χ0v) is 21.9. The number of hydrogen-bond donors (Lipinski definition) is 0. The van der Waals surface area contributed by atoms with Crippen molar-refractivity contribution < 1.29 is 4.74 Å². The van der Waals surface area contributed by atoms with Gasteiger partial charge in [0.2, 0.25) is 0 Å². The minimum Gasteiger partial charge on any atom is -0.495 e. The molecule has 5 aromatic rings. The molecule has 0 aliphatic rings. The lowest BCUT2D eigenvalue weighted by Gasteiger charge is -2.15. The van der Waals surface area contributed by atoms with Gasteiger partial charge < -0.3 is 9.30 Å². The SMILES string of the molecule is COc1ccccc1-n1c(SCc2ccc(Cl)cc2)nc2c(sc(=S)n2Cc2ccccc2)c1=O. The summed E-state index contributed by atoms with van der Waals surface area (Å²) in [4.78, 5) is 18.9. The van der Waals surface area contributed by atoms with Gasteiger partial charge in [-0.25, -0.2) is 4.98 Å². The predicted octanol–water partition coefficient (Wildman–Crippen LogP) is 6.98. The molecule has 0 aliphatic carbocycles. The van der Waals surface area contributed by atoms with Gasteiger partial charge in [0, 0.05) is 10.8 Å². The van der Waals surface area contributed by atoms with Crippen molar-refractivity contribution in [3.8, 4) is 11.4 Å². The number of hydrogen-bond acceptors (Lipinski definition) is 6. The van der Waals surface area contributed by atoms with Gasteiger partial charge in [0.15, 0.2) is 14.8 Å². The summed E-state index contributed by atoms with van der Waals surface area (Å²) in [6.45, 7) is 0.548. The molecule has 0 unspecified atom stereocenters. The van der Waals surface area contributed by atoms with Gasteiger partial charge in [0.05, 0.1) is 19.3 Å². The number of thiazole rings is 1. The maximum Gasteiger partial charge on any atom is 0.278 e. The molecule has 5 nitrogen and oxygen atoms in total. The zero-order chi connectivity index (χ0) is 24.4. The Kier molecular flexibility index (Phi) is 7.06. The van der Waals surface area contributed by atoms with E-state index in [1.165, 1.54) is 23.1 Å². The second-order valence-electron chi connectivity index (χ2n) is 7.71. The number of ether oxygens (including phenoxy) is 1. The van der Waals surface area contributed by atoms with Crippen molar-refractivity contribution in [1.82, 2.24) is 14.1 Å². The van der Waals surface area contributed by atoms with E-state index >= 15 is 0 Å². The highest BCUT2D eigenvalue weighted by Crippen LogP contribution is 2.30. The second-order valence-corrected chi connectivity index (χ2v) is 10.7. The summed E-state index contributed by atoms with van der Waals surface area (Å²) in [6, 6.07) is 25.1. The molecule has 0 spiro atoms. The summed E-state index contributed by atoms with van der Waals surface area (Å²) in [7, 11) is 1.59. The van der Waals surface area contributed by atoms with Crippen LogP contribution in [0.25, 0.3) is 16.0 Å². The number of para-hydroxylation sites is 2. The van der Waals surface area contributed by atoms with Crippen molar-refractivity contribution in [2.45, 2.75) is 17.5 Å². The van der Waals surface area contributed by atoms with Crippen LogP contribution in [0.3, 0.4) is 0 Å². The molecule has 0 bridgehead atoms. The van der Waals surface area contributed by atoms with Crippen LogP contribution in [0.4, 0.5) is 0 Å². The Bertz CT molecular complexity index is 1610. The average molecular weight is 538 g/mol. The molecule has 0 saturated heterocycles. The van der Waals surface area contributed by atoms with E-state index in [1.54, 1.807) is 11.7 Å². The number of thioether (sulfide) groups is 1. The second kappa shape index (κ2) is 10.4. The lowest BCUT2D eigenvalue weighted by molar-refractivity contribution is 0.411. The molecule has 0 saturated carbocycles. The van der Waals surface area contributed by atoms with Crippen LogP contribution in [0.15, 0.2) is 88.8 Å². The molecular formula is C26H20ClN3O2S3. The zero-order valence-electron chi connectivity index (χ0n) is 18.7. The lowest BCUT2D eigenvalue weighted by Crippen LogP contribution is -2.22. The Hall–Kier alpha value is -2.91. The number of methoxy groups -OCH3 is 1. The summed E-state index contributed by atoms with van der Waals surface area (Å²) in [5.41, 5.74) is 3.24. The summed E-state index contributed by atoms with van der Waals surface area (Å²) in [5, 5.41) is 1.25. The molecule has 35 heavy (non-hydrogen) atoms. The summed E-state index contributed by atoms with van der Waals surface area (Å²) >= 11 is 14.5. The third-order valence-corrected chi connectivity index (χ3v) is 8.14. The van der Waals surface area contributed by atoms with Crippen molar-refractivity contribution in [1.29, 1.82) is 0 Å². The van der Waals surface area contributed by atoms with E-state index in [4.69, 9.17) is 33.5 Å². The quantitative estimate of drug-likeness (QED) is 0.127. The molecular weight excluding hydrogens is 518 g/mol. The Morgan fingerprint density at radius 1 is 1.00 bits per heavy atom. The fourth-order valence-corrected chi connectivity index (χ4v) is 6.07. The number of halogens is 1. The molecule has 0 aliphatic heterocycles. The third-order valence-electron chi connectivity index (χ3n) is 5.45. The van der Waals surface area contributed by atoms with Crippen LogP contribution < -0.4 is 10.3 Å². The largest absolute Gasteiger partial charge is 0.495 e. The molecule has 0 amide bonds. The van der Waals surface area contributed by atoms with Gasteiger partial charge in [-0.3, -0.25) is 9.36 Å². The summed E-state index contributed by atoms with van der Waals surface area (Å²) < 4.78 is 10.3. The first-order chi connectivity index (χ1) is 17.0. The smallest absolute Gasteiger partial charge is 0.278 e. The Labute approximate surface area is 220 Å². The average Bonchev–Trinajstić information content (AvgIpc) is 3.19. The van der Waals surface area contributed by atoms with Crippen molar-refractivity contribution in [3.05, 3.63) is 109 Å². The molecule has 2 heterocycles. The number of aromatic nitrogens is 3. The Balaban J connectivity index is 1.68. The number of rotatable bonds is 7. The molecule has 0 N–H and O–H groups in total. The van der Waals surface area contributed by atoms with Gasteiger partial charge in [-0.15, -0.1) is 0 Å². The van der Waals surface area contributed by atoms with Crippen LogP contribution in [0.1, 0.15) is 11.1 Å². The van der Waals surface area contributed by atoms with Gasteiger partial charge in [-0.05, 0) is 47.6 Å². The fourth-order valence-electron chi connectivity index (χ4n) is 3.73. The molecule has 176 valence electrons. The molecule has 9 heteroatoms. The van der Waals surface area contributed by atoms with Crippen molar-refractivity contribution in [3.63, 3.8) is 0 Å². The Morgan fingerprint density at radius 3 is 2.46 bits per heavy atom. The molecule has 0 fully saturated rings. The normalized spacial score (nSPS) is 11.1. The number of nitrogens with zero attached hydrogens (tertiary/aromatic N) is 3. The van der Waals surface area contributed by atoms with Gasteiger partial charge in [0.25, 0.3) is 5.56 Å². The maximum atomic E-state index is 13.9. The van der Waals surface area contributed by atoms with Gasteiger partial charge in [0.1, 0.15) is 10.4 Å². The first kappa shape index (κ1) is 23.8. The lowest BCUT2D eigenvalue weighted by atomic mass is 10.2. The van der Waals surface area contributed by atoms with Crippen LogP contribution >= 0.6 is 46.9 Å². The standard InChI is InChI=1S/C26H20ClN3O2S3/c1-32-21-10-6-5-9-20(21)30-24(31)22-23(28-25(30)34-16-18-11-13-19(27)14-12-18)29(26(33)35-22)15-17-7-3-2-4-8-17/h2-14H,15-16H2,1H3. The number of benzene rings is 3. The van der Waals surface area contributed by atoms with E-state index < -0.39 is 0 Å². The molecule has 3 aromatic carbocycles. The topological polar surface area (TPSA) is 49.0 Å². The van der Waals surface area contributed by atoms with E-state index in [1.807, 2.05) is 83.4 Å². The van der Waals surface area contributed by atoms with Crippen molar-refractivity contribution >= 4 is 57.3 Å². The molecule has 0 atom stereocenters. The van der Waals surface area contributed by atoms with Crippen molar-refractivity contribution in [2.24, 2.45) is 0 Å². The predicted molar refractivity (Wildman–Crippen MR) is 147 cm³/mol. The first-order valence-electron chi connectivity index (χ1n) is 10.8. The van der Waals surface area contributed by atoms with E-state index in [2.05, 4.69) is 0 Å². The fraction of sp³-hybridized carbons (Fsp3) is 0.115. The highest BCUT2D eigenvalue weighted by Gasteiger charge is 2.20. The first-order valence-corrected chi connectivity index (χ1v) is 13.3. The highest BCUT2D eigenvalue weighted by molar-refractivity contribution is 7.98. The van der Waals surface area contributed by atoms with Crippen LogP contribution in [-0.2, 0) is 12.3 Å². The summed E-state index contributed by atoms with van der Waals surface area (Å²) in [5.74, 6) is 1.21. The highest BCUT2D eigenvalue weighted by atomic mass is 35.5. The minimum atomic E-state index is -0.166. The molecule has 0 radical (unpaired) electrons. The van der Waals surface area contributed by atoms with E-state index in [9.17, 15) is 4.79 Å². The van der Waals surface area contributed by atoms with Crippen LogP contribution in [0.2, 0.25) is 5.02 Å². The molecule has 5 rings (SSSR count). The van der Waals surface area contributed by atoms with Gasteiger partial charge in [-0.2, -0.15) is 0 Å². The maximum absolute atomic E-state index is 13.9.